The van der Waals surface area contributed by atoms with E-state index in [4.69, 9.17) is 0 Å². The fraction of sp³-hybridized carbons (Fsp3) is 0.750. The SMILES string of the molecule is CCCC(C)[S+]([O-])c1nnc(S(C)(=O)=O)s1. The van der Waals surface area contributed by atoms with E-state index in [0.717, 1.165) is 30.4 Å². The Bertz CT molecular complexity index is 443. The zero-order chi connectivity index (χ0) is 12.3. The van der Waals surface area contributed by atoms with Gasteiger partial charge in [-0.15, -0.1) is 5.10 Å². The summed E-state index contributed by atoms with van der Waals surface area (Å²) in [6.07, 6.45) is 2.82. The molecular weight excluding hydrogens is 268 g/mol. The molecule has 0 fully saturated rings. The summed E-state index contributed by atoms with van der Waals surface area (Å²) in [6.45, 7) is 3.87. The third kappa shape index (κ3) is 3.41. The zero-order valence-corrected chi connectivity index (χ0v) is 11.8. The van der Waals surface area contributed by atoms with Crippen LogP contribution in [0.4, 0.5) is 0 Å². The molecule has 1 aromatic heterocycles. The van der Waals surface area contributed by atoms with Crippen molar-refractivity contribution in [3.8, 4) is 0 Å². The van der Waals surface area contributed by atoms with Gasteiger partial charge in [-0.25, -0.2) is 8.42 Å². The molecular formula is C8H14N2O3S3. The van der Waals surface area contributed by atoms with E-state index in [0.29, 0.717) is 4.34 Å². The summed E-state index contributed by atoms with van der Waals surface area (Å²) in [5.74, 6) is 0. The van der Waals surface area contributed by atoms with Crippen molar-refractivity contribution in [1.29, 1.82) is 0 Å². The molecule has 1 heterocycles. The Balaban J connectivity index is 2.86. The lowest BCUT2D eigenvalue weighted by Gasteiger charge is -2.13. The molecule has 0 aliphatic carbocycles. The summed E-state index contributed by atoms with van der Waals surface area (Å²) >= 11 is -0.370. The van der Waals surface area contributed by atoms with Crippen LogP contribution >= 0.6 is 11.3 Å². The van der Waals surface area contributed by atoms with Crippen LogP contribution in [0.2, 0.25) is 0 Å². The van der Waals surface area contributed by atoms with Gasteiger partial charge in [-0.05, 0) is 24.7 Å². The maximum atomic E-state index is 11.9. The molecule has 0 N–H and O–H groups in total. The second kappa shape index (κ2) is 5.44. The quantitative estimate of drug-likeness (QED) is 0.759. The number of aromatic nitrogens is 2. The van der Waals surface area contributed by atoms with Crippen LogP contribution < -0.4 is 0 Å². The van der Waals surface area contributed by atoms with Gasteiger partial charge in [-0.1, -0.05) is 18.4 Å². The second-order valence-electron chi connectivity index (χ2n) is 3.50. The summed E-state index contributed by atoms with van der Waals surface area (Å²) in [7, 11) is -3.34. The molecule has 2 unspecified atom stereocenters. The molecule has 0 saturated carbocycles. The van der Waals surface area contributed by atoms with Crippen LogP contribution in [0.3, 0.4) is 0 Å². The maximum absolute atomic E-state index is 11.9. The van der Waals surface area contributed by atoms with E-state index >= 15 is 0 Å². The molecule has 92 valence electrons. The highest BCUT2D eigenvalue weighted by molar-refractivity contribution is 7.95. The molecule has 0 aliphatic rings. The van der Waals surface area contributed by atoms with Crippen molar-refractivity contribution in [3.05, 3.63) is 0 Å². The van der Waals surface area contributed by atoms with Gasteiger partial charge in [-0.2, -0.15) is 0 Å². The normalized spacial score (nSPS) is 16.0. The van der Waals surface area contributed by atoms with Crippen LogP contribution in [0.25, 0.3) is 0 Å². The Hall–Kier alpha value is -0.180. The van der Waals surface area contributed by atoms with Crippen molar-refractivity contribution in [3.63, 3.8) is 0 Å². The van der Waals surface area contributed by atoms with Crippen molar-refractivity contribution >= 4 is 32.3 Å². The number of hydrogen-bond acceptors (Lipinski definition) is 6. The number of rotatable bonds is 5. The predicted molar refractivity (Wildman–Crippen MR) is 63.8 cm³/mol. The minimum atomic E-state index is -3.34. The van der Waals surface area contributed by atoms with Crippen LogP contribution in [-0.4, -0.2) is 34.7 Å². The smallest absolute Gasteiger partial charge is 0.323 e. The van der Waals surface area contributed by atoms with Crippen molar-refractivity contribution in [2.75, 3.05) is 6.26 Å². The van der Waals surface area contributed by atoms with Crippen LogP contribution in [0, 0.1) is 0 Å². The average molecular weight is 282 g/mol. The molecule has 5 nitrogen and oxygen atoms in total. The van der Waals surface area contributed by atoms with Crippen molar-refractivity contribution in [2.45, 2.75) is 40.6 Å². The van der Waals surface area contributed by atoms with Crippen molar-refractivity contribution < 1.29 is 13.0 Å². The van der Waals surface area contributed by atoms with Crippen LogP contribution in [0.1, 0.15) is 26.7 Å². The van der Waals surface area contributed by atoms with E-state index in [1.807, 2.05) is 13.8 Å². The van der Waals surface area contributed by atoms with Crippen LogP contribution in [0.5, 0.6) is 0 Å². The second-order valence-corrected chi connectivity index (χ2v) is 8.71. The number of hydrogen-bond donors (Lipinski definition) is 0. The van der Waals surface area contributed by atoms with Gasteiger partial charge in [0.25, 0.3) is 0 Å². The molecule has 8 heteroatoms. The van der Waals surface area contributed by atoms with Gasteiger partial charge in [0.05, 0.1) is 0 Å². The van der Waals surface area contributed by atoms with E-state index in [1.54, 1.807) is 0 Å². The Morgan fingerprint density at radius 2 is 2.12 bits per heavy atom. The lowest BCUT2D eigenvalue weighted by Crippen LogP contribution is -2.17. The molecule has 16 heavy (non-hydrogen) atoms. The van der Waals surface area contributed by atoms with Crippen LogP contribution in [0.15, 0.2) is 8.68 Å². The van der Waals surface area contributed by atoms with E-state index in [1.165, 1.54) is 0 Å². The highest BCUT2D eigenvalue weighted by atomic mass is 32.3. The lowest BCUT2D eigenvalue weighted by molar-refractivity contribution is 0.572. The van der Waals surface area contributed by atoms with E-state index < -0.39 is 21.0 Å². The van der Waals surface area contributed by atoms with Crippen LogP contribution in [-0.2, 0) is 21.0 Å². The summed E-state index contributed by atoms with van der Waals surface area (Å²) in [5, 5.41) is 7.19. The van der Waals surface area contributed by atoms with Gasteiger partial charge in [0.1, 0.15) is 5.25 Å². The first-order valence-electron chi connectivity index (χ1n) is 4.80. The molecule has 2 atom stereocenters. The van der Waals surface area contributed by atoms with E-state index in [-0.39, 0.29) is 9.59 Å². The lowest BCUT2D eigenvalue weighted by atomic mass is 10.3. The maximum Gasteiger partial charge on any atom is 0.323 e. The number of nitrogens with zero attached hydrogens (tertiary/aromatic N) is 2. The van der Waals surface area contributed by atoms with Crippen molar-refractivity contribution in [1.82, 2.24) is 10.2 Å². The van der Waals surface area contributed by atoms with Gasteiger partial charge in [0.15, 0.2) is 0 Å². The largest absolute Gasteiger partial charge is 0.609 e. The molecule has 0 bridgehead atoms. The van der Waals surface area contributed by atoms with Gasteiger partial charge >= 0.3 is 4.34 Å². The molecule has 0 saturated heterocycles. The first-order chi connectivity index (χ1) is 7.36. The third-order valence-corrected chi connectivity index (χ3v) is 6.46. The van der Waals surface area contributed by atoms with Gasteiger partial charge < -0.3 is 4.55 Å². The fourth-order valence-electron chi connectivity index (χ4n) is 1.11. The molecule has 0 radical (unpaired) electrons. The topological polar surface area (TPSA) is 83.0 Å². The molecule has 1 rings (SSSR count). The standard InChI is InChI=1S/C8H14N2O3S3/c1-4-5-6(2)15(11)7-9-10-8(14-7)16(3,12)13/h6H,4-5H2,1-3H3. The van der Waals surface area contributed by atoms with E-state index in [2.05, 4.69) is 10.2 Å². The first kappa shape index (κ1) is 13.9. The fourth-order valence-corrected chi connectivity index (χ4v) is 4.59. The highest BCUT2D eigenvalue weighted by Crippen LogP contribution is 2.24. The zero-order valence-electron chi connectivity index (χ0n) is 9.34. The highest BCUT2D eigenvalue weighted by Gasteiger charge is 2.26. The Kier molecular flexibility index (Phi) is 4.72. The Labute approximate surface area is 102 Å². The summed E-state index contributed by atoms with van der Waals surface area (Å²) < 4.78 is 34.5. The number of sulfone groups is 1. The molecule has 0 amide bonds. The molecule has 0 spiro atoms. The first-order valence-corrected chi connectivity index (χ1v) is 8.72. The minimum absolute atomic E-state index is 0.0228. The molecule has 1 aromatic rings. The summed E-state index contributed by atoms with van der Waals surface area (Å²) in [4.78, 5) is 0. The van der Waals surface area contributed by atoms with E-state index in [9.17, 15) is 13.0 Å². The summed E-state index contributed by atoms with van der Waals surface area (Å²) in [6, 6.07) is 0. The molecule has 0 aliphatic heterocycles. The predicted octanol–water partition coefficient (Wildman–Crippen LogP) is 1.24. The monoisotopic (exact) mass is 282 g/mol. The van der Waals surface area contributed by atoms with Crippen molar-refractivity contribution in [2.24, 2.45) is 0 Å². The molecule has 0 aromatic carbocycles. The van der Waals surface area contributed by atoms with Gasteiger partial charge in [0.2, 0.25) is 14.2 Å². The Morgan fingerprint density at radius 1 is 1.50 bits per heavy atom. The van der Waals surface area contributed by atoms with Gasteiger partial charge in [-0.3, -0.25) is 0 Å². The average Bonchev–Trinajstić information content (AvgIpc) is 2.65. The minimum Gasteiger partial charge on any atom is -0.609 e. The Morgan fingerprint density at radius 3 is 2.56 bits per heavy atom. The summed E-state index contributed by atoms with van der Waals surface area (Å²) in [5.41, 5.74) is 0. The van der Waals surface area contributed by atoms with Gasteiger partial charge in [0, 0.05) is 17.4 Å². The third-order valence-electron chi connectivity index (χ3n) is 1.94.